The van der Waals surface area contributed by atoms with Crippen LogP contribution in [0.25, 0.3) is 0 Å². The Hall–Kier alpha value is -0.920. The molecule has 38 heavy (non-hydrogen) atoms. The van der Waals surface area contributed by atoms with Crippen molar-refractivity contribution >= 4 is 16.3 Å². The molecule has 5 aliphatic rings. The summed E-state index contributed by atoms with van der Waals surface area (Å²) in [6.07, 6.45) is 12.0. The van der Waals surface area contributed by atoms with Crippen LogP contribution < -0.4 is 5.14 Å². The largest absolute Gasteiger partial charge is 0.469 e. The lowest BCUT2D eigenvalue weighted by Crippen LogP contribution is -2.65. The fourth-order valence-corrected chi connectivity index (χ4v) is 11.8. The van der Waals surface area contributed by atoms with E-state index in [-0.39, 0.29) is 50.5 Å². The normalized spacial score (nSPS) is 47.4. The number of nitrogens with two attached hydrogens (primary N) is 1. The molecule has 5 rings (SSSR count). The average molecular weight is 550 g/mol. The highest BCUT2D eigenvalue weighted by Gasteiger charge is 2.69. The van der Waals surface area contributed by atoms with Crippen LogP contribution in [0.1, 0.15) is 113 Å². The third kappa shape index (κ3) is 3.83. The molecule has 2 N–H and O–H groups in total. The Morgan fingerprint density at radius 1 is 0.921 bits per heavy atom. The number of carbonyl (C=O) groups is 1. The zero-order chi connectivity index (χ0) is 28.2. The fraction of sp³-hybridized carbons (Fsp3) is 0.903. The molecular weight excluding hydrogens is 498 g/mol. The van der Waals surface area contributed by atoms with Gasteiger partial charge in [0.25, 0.3) is 0 Å². The Balaban J connectivity index is 1.55. The quantitative estimate of drug-likeness (QED) is 0.318. The first-order chi connectivity index (χ1) is 17.4. The van der Waals surface area contributed by atoms with E-state index in [0.717, 1.165) is 57.8 Å². The Labute approximate surface area is 231 Å². The van der Waals surface area contributed by atoms with E-state index in [9.17, 15) is 13.2 Å². The van der Waals surface area contributed by atoms with Gasteiger partial charge in [-0.1, -0.05) is 60.1 Å². The molecule has 0 heterocycles. The van der Waals surface area contributed by atoms with E-state index in [2.05, 4.69) is 54.5 Å². The van der Waals surface area contributed by atoms with Crippen molar-refractivity contribution in [3.63, 3.8) is 0 Å². The van der Waals surface area contributed by atoms with Crippen LogP contribution in [0.3, 0.4) is 0 Å². The molecule has 0 aromatic rings. The molecule has 7 heteroatoms. The Morgan fingerprint density at radius 2 is 1.58 bits per heavy atom. The highest BCUT2D eigenvalue weighted by Crippen LogP contribution is 2.76. The monoisotopic (exact) mass is 549 g/mol. The summed E-state index contributed by atoms with van der Waals surface area (Å²) in [7, 11) is -2.43. The summed E-state index contributed by atoms with van der Waals surface area (Å²) in [5, 5.41) is 5.33. The molecule has 0 bridgehead atoms. The third-order valence-corrected chi connectivity index (χ3v) is 13.9. The second-order valence-electron chi connectivity index (χ2n) is 15.8. The van der Waals surface area contributed by atoms with Gasteiger partial charge < -0.3 is 4.74 Å². The molecule has 0 aliphatic heterocycles. The first-order valence-corrected chi connectivity index (χ1v) is 16.3. The van der Waals surface area contributed by atoms with Crippen molar-refractivity contribution in [2.75, 3.05) is 7.11 Å². The number of ether oxygens (including phenoxy) is 1. The fourth-order valence-electron chi connectivity index (χ4n) is 11.1. The summed E-state index contributed by atoms with van der Waals surface area (Å²) in [6, 6.07) is 0. The van der Waals surface area contributed by atoms with E-state index >= 15 is 0 Å². The van der Waals surface area contributed by atoms with Crippen LogP contribution in [0.4, 0.5) is 0 Å². The summed E-state index contributed by atoms with van der Waals surface area (Å²) in [5.74, 6) is 1.10. The van der Waals surface area contributed by atoms with Crippen molar-refractivity contribution in [1.82, 2.24) is 0 Å². The van der Waals surface area contributed by atoms with E-state index in [1.165, 1.54) is 5.57 Å². The smallest absolute Gasteiger partial charge is 0.333 e. The van der Waals surface area contributed by atoms with E-state index in [4.69, 9.17) is 14.1 Å². The van der Waals surface area contributed by atoms with Crippen LogP contribution >= 0.6 is 0 Å². The summed E-state index contributed by atoms with van der Waals surface area (Å²) in [4.78, 5) is 13.4. The Kier molecular flexibility index (Phi) is 6.43. The highest BCUT2D eigenvalue weighted by atomic mass is 32.2. The lowest BCUT2D eigenvalue weighted by atomic mass is 9.33. The second-order valence-corrected chi connectivity index (χ2v) is 17.0. The lowest BCUT2D eigenvalue weighted by molar-refractivity contribution is -0.202. The van der Waals surface area contributed by atoms with Gasteiger partial charge in [0.1, 0.15) is 0 Å². The molecule has 0 aromatic heterocycles. The molecule has 5 aliphatic carbocycles. The van der Waals surface area contributed by atoms with Gasteiger partial charge in [0.05, 0.1) is 18.6 Å². The zero-order valence-corrected chi connectivity index (χ0v) is 25.8. The molecular formula is C31H51NO5S. The molecule has 0 unspecified atom stereocenters. The van der Waals surface area contributed by atoms with E-state index in [1.54, 1.807) is 7.11 Å². The maximum Gasteiger partial charge on any atom is 0.333 e. The Morgan fingerprint density at radius 3 is 2.21 bits per heavy atom. The average Bonchev–Trinajstić information content (AvgIpc) is 2.80. The van der Waals surface area contributed by atoms with Gasteiger partial charge in [-0.15, -0.1) is 0 Å². The van der Waals surface area contributed by atoms with Gasteiger partial charge in [0.15, 0.2) is 0 Å². The molecule has 0 spiro atoms. The predicted molar refractivity (Wildman–Crippen MR) is 149 cm³/mol. The number of fused-ring (bicyclic) bond motifs is 7. The van der Waals surface area contributed by atoms with Gasteiger partial charge in [0, 0.05) is 0 Å². The number of methoxy groups -OCH3 is 1. The van der Waals surface area contributed by atoms with E-state index < -0.39 is 10.3 Å². The summed E-state index contributed by atoms with van der Waals surface area (Å²) >= 11 is 0. The van der Waals surface area contributed by atoms with Crippen molar-refractivity contribution in [3.8, 4) is 0 Å². The van der Waals surface area contributed by atoms with Gasteiger partial charge in [-0.2, -0.15) is 8.42 Å². The number of hydrogen-bond donors (Lipinski definition) is 1. The van der Waals surface area contributed by atoms with Crippen LogP contribution in [0.2, 0.25) is 0 Å². The molecule has 4 saturated carbocycles. The maximum absolute atomic E-state index is 13.4. The number of hydrogen-bond acceptors (Lipinski definition) is 5. The third-order valence-electron chi connectivity index (χ3n) is 13.4. The molecule has 0 aromatic carbocycles. The molecule has 4 fully saturated rings. The summed E-state index contributed by atoms with van der Waals surface area (Å²) in [6.45, 7) is 16.6. The summed E-state index contributed by atoms with van der Waals surface area (Å²) in [5.41, 5.74) is 1.33. The van der Waals surface area contributed by atoms with Crippen LogP contribution in [-0.2, 0) is 24.0 Å². The van der Waals surface area contributed by atoms with Crippen LogP contribution in [0.5, 0.6) is 0 Å². The highest BCUT2D eigenvalue weighted by molar-refractivity contribution is 7.84. The van der Waals surface area contributed by atoms with Gasteiger partial charge in [-0.3, -0.25) is 8.98 Å². The topological polar surface area (TPSA) is 95.7 Å². The van der Waals surface area contributed by atoms with Gasteiger partial charge >= 0.3 is 16.3 Å². The maximum atomic E-state index is 13.4. The SMILES string of the molecule is COC(=O)[C@]12CCC(C)(C)C[C@H]1C1=CC[C@@H]3[C@@]4(C)CC[C@H](OS(N)(=O)=O)C(C)(C)[C@@H]4CC[C@@]3(C)[C@]1(C)CC2. The Bertz CT molecular complexity index is 1140. The molecule has 216 valence electrons. The number of carbonyl (C=O) groups excluding carboxylic acids is 1. The molecule has 8 atom stereocenters. The molecule has 0 saturated heterocycles. The number of esters is 1. The van der Waals surface area contributed by atoms with E-state index in [0.29, 0.717) is 18.3 Å². The second kappa shape index (κ2) is 8.55. The van der Waals surface area contributed by atoms with Crippen LogP contribution in [-0.4, -0.2) is 27.6 Å². The van der Waals surface area contributed by atoms with Crippen LogP contribution in [0, 0.1) is 50.2 Å². The standard InChI is InChI=1S/C31H51NO5S/c1-26(2)15-17-31(25(33)36-8)18-16-29(6)20(21(31)19-26)9-10-23-28(5)13-12-24(37-38(32,34)35)27(3,4)22(28)11-14-30(23,29)7/h9,21-24H,10-19H2,1-8H3,(H2,32,34,35)/t21-,22-,23+,24-,28-,29+,30+,31-/m0/s1. The van der Waals surface area contributed by atoms with Crippen molar-refractivity contribution in [1.29, 1.82) is 0 Å². The minimum atomic E-state index is -4.00. The predicted octanol–water partition coefficient (Wildman–Crippen LogP) is 6.55. The minimum Gasteiger partial charge on any atom is -0.469 e. The van der Waals surface area contributed by atoms with E-state index in [1.807, 2.05) is 0 Å². The van der Waals surface area contributed by atoms with Crippen molar-refractivity contribution in [3.05, 3.63) is 11.6 Å². The van der Waals surface area contributed by atoms with Crippen molar-refractivity contribution < 1.29 is 22.1 Å². The van der Waals surface area contributed by atoms with Gasteiger partial charge in [0.2, 0.25) is 0 Å². The van der Waals surface area contributed by atoms with Gasteiger partial charge in [-0.05, 0) is 109 Å². The molecule has 0 amide bonds. The van der Waals surface area contributed by atoms with Gasteiger partial charge in [-0.25, -0.2) is 5.14 Å². The number of allylic oxidation sites excluding steroid dienone is 2. The van der Waals surface area contributed by atoms with Crippen molar-refractivity contribution in [2.45, 2.75) is 119 Å². The number of rotatable bonds is 3. The zero-order valence-electron chi connectivity index (χ0n) is 25.0. The summed E-state index contributed by atoms with van der Waals surface area (Å²) < 4.78 is 34.7. The molecule has 0 radical (unpaired) electrons. The first kappa shape index (κ1) is 28.6. The lowest BCUT2D eigenvalue weighted by Gasteiger charge is -2.71. The van der Waals surface area contributed by atoms with Crippen LogP contribution in [0.15, 0.2) is 11.6 Å². The minimum absolute atomic E-state index is 0.00109. The molecule has 6 nitrogen and oxygen atoms in total. The van der Waals surface area contributed by atoms with Crippen molar-refractivity contribution in [2.24, 2.45) is 55.4 Å². The first-order valence-electron chi connectivity index (χ1n) is 14.9.